The first-order valence-electron chi connectivity index (χ1n) is 14.0. The van der Waals surface area contributed by atoms with Crippen molar-refractivity contribution in [3.8, 4) is 10.6 Å². The number of allylic oxidation sites excluding steroid dienone is 1. The molecule has 216 valence electrons. The maximum atomic E-state index is 13.7. The lowest BCUT2D eigenvalue weighted by molar-refractivity contribution is 0.0206. The number of hydrogen-bond acceptors (Lipinski definition) is 9. The van der Waals surface area contributed by atoms with E-state index in [2.05, 4.69) is 16.4 Å². The highest BCUT2D eigenvalue weighted by atomic mass is 32.1. The van der Waals surface area contributed by atoms with Gasteiger partial charge < -0.3 is 29.6 Å². The molecule has 0 aromatic carbocycles. The normalized spacial score (nSPS) is 19.8. The van der Waals surface area contributed by atoms with E-state index in [1.807, 2.05) is 26.8 Å². The highest BCUT2D eigenvalue weighted by molar-refractivity contribution is 7.15. The van der Waals surface area contributed by atoms with Gasteiger partial charge in [-0.3, -0.25) is 4.79 Å². The Balaban J connectivity index is 1.43. The van der Waals surface area contributed by atoms with Gasteiger partial charge in [-0.05, 0) is 65.4 Å². The molecule has 1 unspecified atom stereocenters. The van der Waals surface area contributed by atoms with Gasteiger partial charge in [0.05, 0.1) is 12.8 Å². The molecule has 4 heterocycles. The minimum atomic E-state index is -0.574. The molecule has 2 fully saturated rings. The van der Waals surface area contributed by atoms with Crippen molar-refractivity contribution in [1.29, 1.82) is 0 Å². The summed E-state index contributed by atoms with van der Waals surface area (Å²) < 4.78 is 10.5. The topological polar surface area (TPSA) is 130 Å². The average Bonchev–Trinajstić information content (AvgIpc) is 3.35. The van der Waals surface area contributed by atoms with Crippen molar-refractivity contribution < 1.29 is 19.1 Å². The number of rotatable bonds is 4. The number of carbonyl (C=O) groups is 2. The minimum absolute atomic E-state index is 0.000239. The van der Waals surface area contributed by atoms with E-state index in [-0.39, 0.29) is 29.7 Å². The van der Waals surface area contributed by atoms with Crippen molar-refractivity contribution >= 4 is 35.4 Å². The van der Waals surface area contributed by atoms with Gasteiger partial charge in [-0.15, -0.1) is 11.3 Å². The number of aromatic nitrogens is 3. The van der Waals surface area contributed by atoms with Crippen LogP contribution in [0.1, 0.15) is 75.2 Å². The van der Waals surface area contributed by atoms with Gasteiger partial charge in [-0.25, -0.2) is 19.6 Å². The number of nitrogens with zero attached hydrogens (tertiary/aromatic N) is 4. The fraction of sp³-hybridized carbons (Fsp3) is 0.607. The third-order valence-corrected chi connectivity index (χ3v) is 8.57. The van der Waals surface area contributed by atoms with Crippen LogP contribution in [0.25, 0.3) is 16.6 Å². The molecule has 11 nitrogen and oxygen atoms in total. The van der Waals surface area contributed by atoms with Crippen LogP contribution in [0.15, 0.2) is 10.9 Å². The van der Waals surface area contributed by atoms with E-state index in [0.717, 1.165) is 36.3 Å². The Labute approximate surface area is 238 Å². The van der Waals surface area contributed by atoms with Gasteiger partial charge in [0.2, 0.25) is 0 Å². The molecule has 2 N–H and O–H groups in total. The molecule has 1 atom stereocenters. The van der Waals surface area contributed by atoms with E-state index < -0.39 is 5.60 Å². The molecule has 40 heavy (non-hydrogen) atoms. The largest absolute Gasteiger partial charge is 0.453 e. The van der Waals surface area contributed by atoms with E-state index in [1.54, 1.807) is 9.80 Å². The van der Waals surface area contributed by atoms with Crippen LogP contribution in [-0.2, 0) is 15.9 Å². The monoisotopic (exact) mass is 570 g/mol. The molecule has 0 saturated carbocycles. The van der Waals surface area contributed by atoms with Crippen molar-refractivity contribution in [1.82, 2.24) is 24.8 Å². The van der Waals surface area contributed by atoms with Gasteiger partial charge >= 0.3 is 12.2 Å². The highest BCUT2D eigenvalue weighted by Crippen LogP contribution is 2.35. The van der Waals surface area contributed by atoms with Crippen LogP contribution in [0.5, 0.6) is 0 Å². The molecule has 2 saturated heterocycles. The van der Waals surface area contributed by atoms with Gasteiger partial charge in [0, 0.05) is 43.0 Å². The van der Waals surface area contributed by atoms with Crippen molar-refractivity contribution in [2.75, 3.05) is 38.6 Å². The van der Waals surface area contributed by atoms with Gasteiger partial charge in [-0.2, -0.15) is 0 Å². The first-order valence-corrected chi connectivity index (χ1v) is 14.8. The van der Waals surface area contributed by atoms with Crippen molar-refractivity contribution in [2.24, 2.45) is 0 Å². The molecule has 3 aliphatic rings. The van der Waals surface area contributed by atoms with Crippen molar-refractivity contribution in [2.45, 2.75) is 76.9 Å². The van der Waals surface area contributed by atoms with Crippen LogP contribution < -0.4 is 10.9 Å². The number of fused-ring (bicyclic) bond motifs is 1. The summed E-state index contributed by atoms with van der Waals surface area (Å²) in [5, 5.41) is 4.15. The van der Waals surface area contributed by atoms with E-state index in [4.69, 9.17) is 19.4 Å². The summed E-state index contributed by atoms with van der Waals surface area (Å²) in [7, 11) is 1.38. The number of H-pyrrole nitrogens is 1. The fourth-order valence-electron chi connectivity index (χ4n) is 5.42. The zero-order valence-electron chi connectivity index (χ0n) is 23.6. The number of carbonyl (C=O) groups excluding carboxylic acids is 2. The van der Waals surface area contributed by atoms with E-state index in [9.17, 15) is 14.4 Å². The molecule has 1 aliphatic carbocycles. The third-order valence-electron chi connectivity index (χ3n) is 7.42. The molecule has 0 radical (unpaired) electrons. The molecule has 2 aromatic heterocycles. The van der Waals surface area contributed by atoms with Gasteiger partial charge in [0.25, 0.3) is 5.56 Å². The molecule has 12 heteroatoms. The number of hydrogen-bond donors (Lipinski definition) is 2. The predicted octanol–water partition coefficient (Wildman–Crippen LogP) is 4.61. The van der Waals surface area contributed by atoms with Crippen LogP contribution in [0, 0.1) is 0 Å². The Morgan fingerprint density at radius 2 is 1.88 bits per heavy atom. The van der Waals surface area contributed by atoms with Crippen molar-refractivity contribution in [3.05, 3.63) is 32.8 Å². The predicted molar refractivity (Wildman–Crippen MR) is 154 cm³/mol. The number of aromatic amines is 1. The zero-order chi connectivity index (χ0) is 28.4. The summed E-state index contributed by atoms with van der Waals surface area (Å²) in [5.74, 6) is 1.09. The smallest absolute Gasteiger partial charge is 0.410 e. The molecule has 2 aliphatic heterocycles. The van der Waals surface area contributed by atoms with Gasteiger partial charge in [-0.1, -0.05) is 6.08 Å². The van der Waals surface area contributed by atoms with Gasteiger partial charge in [0.15, 0.2) is 0 Å². The van der Waals surface area contributed by atoms with Crippen LogP contribution in [0.3, 0.4) is 0 Å². The molecule has 2 aromatic rings. The van der Waals surface area contributed by atoms with Crippen LogP contribution >= 0.6 is 11.3 Å². The molecular weight excluding hydrogens is 532 g/mol. The average molecular weight is 571 g/mol. The Bertz CT molecular complexity index is 1340. The first kappa shape index (κ1) is 28.1. The Hall–Kier alpha value is -3.41. The molecule has 0 spiro atoms. The van der Waals surface area contributed by atoms with Crippen LogP contribution in [-0.4, -0.2) is 81.9 Å². The molecule has 5 rings (SSSR count). The number of ether oxygens (including phenoxy) is 2. The lowest BCUT2D eigenvalue weighted by atomic mass is 9.96. The molecule has 0 bridgehead atoms. The van der Waals surface area contributed by atoms with Crippen molar-refractivity contribution in [3.63, 3.8) is 0 Å². The number of amides is 2. The van der Waals surface area contributed by atoms with Crippen LogP contribution in [0.4, 0.5) is 15.4 Å². The summed E-state index contributed by atoms with van der Waals surface area (Å²) in [6, 6.07) is -0.0992. The maximum absolute atomic E-state index is 13.7. The Morgan fingerprint density at radius 1 is 1.10 bits per heavy atom. The lowest BCUT2D eigenvalue weighted by Crippen LogP contribution is -2.47. The highest BCUT2D eigenvalue weighted by Gasteiger charge is 2.31. The molecular formula is C28H38N6O5S. The van der Waals surface area contributed by atoms with E-state index in [0.29, 0.717) is 61.2 Å². The number of thiazole rings is 1. The zero-order valence-corrected chi connectivity index (χ0v) is 24.4. The third kappa shape index (κ3) is 6.32. The fourth-order valence-corrected chi connectivity index (χ4v) is 6.53. The maximum Gasteiger partial charge on any atom is 0.410 e. The molecule has 2 amide bonds. The lowest BCUT2D eigenvalue weighted by Gasteiger charge is -2.35. The van der Waals surface area contributed by atoms with E-state index >= 15 is 0 Å². The quantitative estimate of drug-likeness (QED) is 0.545. The number of piperidine rings is 2. The second kappa shape index (κ2) is 11.6. The van der Waals surface area contributed by atoms with E-state index in [1.165, 1.54) is 18.4 Å². The number of aryl methyl sites for hydroxylation is 1. The Kier molecular flexibility index (Phi) is 8.16. The summed E-state index contributed by atoms with van der Waals surface area (Å²) in [4.78, 5) is 55.7. The van der Waals surface area contributed by atoms with Crippen LogP contribution in [0.2, 0.25) is 0 Å². The first-order chi connectivity index (χ1) is 19.1. The minimum Gasteiger partial charge on any atom is -0.453 e. The van der Waals surface area contributed by atoms with Gasteiger partial charge in [0.1, 0.15) is 27.8 Å². The SMILES string of the molecule is COC(=O)N1CCC(c2nc(NC3CCCN(C(=O)OC(C)(C)C)C3)c(-c3nc4c(s3)CCC=C4)c(=O)[nH]2)CC1. The Morgan fingerprint density at radius 3 is 2.58 bits per heavy atom. The number of anilines is 1. The summed E-state index contributed by atoms with van der Waals surface area (Å²) in [6.07, 6.45) is 8.28. The standard InChI is InChI=1S/C28H38N6O5S/c1-28(2,3)39-27(37)34-13-7-8-18(16-34)29-23-21(25-30-19-9-5-6-10-20(19)40-25)24(35)32-22(31-23)17-11-14-33(15-12-17)26(36)38-4/h5,9,17-18H,6-8,10-16H2,1-4H3,(H2,29,31,32,35). The summed E-state index contributed by atoms with van der Waals surface area (Å²) in [5.41, 5.74) is 0.524. The summed E-state index contributed by atoms with van der Waals surface area (Å²) >= 11 is 1.53. The summed E-state index contributed by atoms with van der Waals surface area (Å²) in [6.45, 7) is 7.71. The number of nitrogens with one attached hydrogen (secondary N) is 2. The number of methoxy groups -OCH3 is 1. The number of likely N-dealkylation sites (tertiary alicyclic amines) is 2. The second-order valence-electron chi connectivity index (χ2n) is 11.6. The second-order valence-corrected chi connectivity index (χ2v) is 12.7.